The van der Waals surface area contributed by atoms with E-state index in [-0.39, 0.29) is 25.4 Å². The van der Waals surface area contributed by atoms with E-state index >= 15 is 0 Å². The zero-order valence-corrected chi connectivity index (χ0v) is 41.8. The molecule has 4 aromatic rings. The largest absolute Gasteiger partial charge is 0.410 e. The van der Waals surface area contributed by atoms with Gasteiger partial charge in [-0.2, -0.15) is 0 Å². The van der Waals surface area contributed by atoms with Gasteiger partial charge in [0.05, 0.1) is 70.7 Å². The highest BCUT2D eigenvalue weighted by atomic mass is 28.4. The molecule has 10 nitrogen and oxygen atoms in total. The van der Waals surface area contributed by atoms with Crippen LogP contribution in [0.4, 0.5) is 0 Å². The molecule has 2 saturated heterocycles. The summed E-state index contributed by atoms with van der Waals surface area (Å²) in [7, 11) is -2.51. The van der Waals surface area contributed by atoms with Gasteiger partial charge in [0, 0.05) is 12.8 Å². The molecule has 0 radical (unpaired) electrons. The maximum Gasteiger partial charge on any atom is 0.200 e. The van der Waals surface area contributed by atoms with Crippen LogP contribution < -0.4 is 0 Å². The van der Waals surface area contributed by atoms with Crippen molar-refractivity contribution in [3.63, 3.8) is 0 Å². The third-order valence-electron chi connectivity index (χ3n) is 14.1. The van der Waals surface area contributed by atoms with E-state index in [9.17, 15) is 5.11 Å². The molecule has 4 aromatic carbocycles. The Balaban J connectivity index is 1.19. The van der Waals surface area contributed by atoms with Crippen LogP contribution in [-0.4, -0.2) is 94.0 Å². The Bertz CT molecular complexity index is 2020. The lowest BCUT2D eigenvalue weighted by Crippen LogP contribution is -2.66. The van der Waals surface area contributed by atoms with Crippen molar-refractivity contribution in [2.75, 3.05) is 19.8 Å². The molecule has 2 fully saturated rings. The first kappa shape index (κ1) is 51.3. The first-order valence-corrected chi connectivity index (χ1v) is 26.8. The highest BCUT2D eigenvalue weighted by molar-refractivity contribution is 6.77. The first-order valence-electron chi connectivity index (χ1n) is 24.6. The molecule has 0 unspecified atom stereocenters. The fraction of sp³-hybridized carbons (Fsp3) is 0.536. The van der Waals surface area contributed by atoms with Gasteiger partial charge >= 0.3 is 0 Å². The molecule has 67 heavy (non-hydrogen) atoms. The van der Waals surface area contributed by atoms with Crippen LogP contribution in [0, 0.1) is 0 Å². The maximum absolute atomic E-state index is 10.5. The number of benzene rings is 4. The third kappa shape index (κ3) is 13.4. The second-order valence-electron chi connectivity index (χ2n) is 19.6. The monoisotopic (exact) mass is 937 g/mol. The van der Waals surface area contributed by atoms with Crippen LogP contribution >= 0.6 is 0 Å². The van der Waals surface area contributed by atoms with E-state index < -0.39 is 56.8 Å². The summed E-state index contributed by atoms with van der Waals surface area (Å²) in [6, 6.07) is 40.8. The van der Waals surface area contributed by atoms with Crippen molar-refractivity contribution in [2.45, 2.75) is 172 Å². The van der Waals surface area contributed by atoms with E-state index in [1.807, 2.05) is 84.9 Å². The Labute approximate surface area is 401 Å². The smallest absolute Gasteiger partial charge is 0.200 e. The van der Waals surface area contributed by atoms with Gasteiger partial charge in [-0.05, 0) is 52.2 Å². The van der Waals surface area contributed by atoms with Crippen LogP contribution in [0.25, 0.3) is 0 Å². The standard InChI is InChI=1S/C56H76O10Si/c1-40(2)67(41(3)4,42(5)6)66-54-31-49(60-36-45-25-16-10-17-26-45)52(38-58-34-43-21-12-8-13-22-43)65-56(54,7)53(61-37-46-27-18-11-19-28-46)32-55-62-39-51-48(64-55)30-20-29-47(50(33-57)63-51)59-35-44-23-14-9-15-24-44/h8-28,30,40-42,47-55,57H,29,31-39H2,1-7H3/b30-20-/t47-,48+,49+,50+,51-,52-,53-,54-,55-,56+/m1/s1. The zero-order chi connectivity index (χ0) is 47.2. The second kappa shape index (κ2) is 24.8. The molecule has 11 heteroatoms. The van der Waals surface area contributed by atoms with Crippen LogP contribution in [0.2, 0.25) is 16.6 Å². The first-order chi connectivity index (χ1) is 32.5. The topological polar surface area (TPSA) is 103 Å². The van der Waals surface area contributed by atoms with Gasteiger partial charge in [0.1, 0.15) is 30.0 Å². The molecule has 3 heterocycles. The van der Waals surface area contributed by atoms with Crippen LogP contribution in [0.5, 0.6) is 0 Å². The predicted molar refractivity (Wildman–Crippen MR) is 264 cm³/mol. The number of ether oxygens (including phenoxy) is 8. The number of fused-ring (bicyclic) bond motifs is 1. The molecule has 1 N–H and O–H groups in total. The Morgan fingerprint density at radius 1 is 0.657 bits per heavy atom. The molecule has 7 rings (SSSR count). The van der Waals surface area contributed by atoms with Gasteiger partial charge in [-0.3, -0.25) is 0 Å². The molecule has 3 aliphatic heterocycles. The molecule has 0 bridgehead atoms. The van der Waals surface area contributed by atoms with Crippen molar-refractivity contribution >= 4 is 8.32 Å². The molecule has 0 amide bonds. The van der Waals surface area contributed by atoms with Crippen LogP contribution in [0.15, 0.2) is 133 Å². The minimum absolute atomic E-state index is 0.188. The number of hydrogen-bond acceptors (Lipinski definition) is 10. The molecule has 0 aromatic heterocycles. The van der Waals surface area contributed by atoms with Gasteiger partial charge in [0.2, 0.25) is 8.32 Å². The molecule has 364 valence electrons. The number of rotatable bonds is 22. The van der Waals surface area contributed by atoms with Crippen LogP contribution in [0.1, 0.15) is 90.0 Å². The molecule has 0 aliphatic carbocycles. The highest BCUT2D eigenvalue weighted by Gasteiger charge is 2.57. The fourth-order valence-corrected chi connectivity index (χ4v) is 16.1. The minimum atomic E-state index is -2.51. The molecule has 10 atom stereocenters. The molecular formula is C56H76O10Si. The van der Waals surface area contributed by atoms with Crippen molar-refractivity contribution in [3.8, 4) is 0 Å². The van der Waals surface area contributed by atoms with Gasteiger partial charge in [-0.25, -0.2) is 0 Å². The Morgan fingerprint density at radius 2 is 1.18 bits per heavy atom. The summed E-state index contributed by atoms with van der Waals surface area (Å²) in [5.74, 6) is 0. The van der Waals surface area contributed by atoms with Gasteiger partial charge in [-0.1, -0.05) is 175 Å². The lowest BCUT2D eigenvalue weighted by Gasteiger charge is -2.55. The second-order valence-corrected chi connectivity index (χ2v) is 25.0. The zero-order valence-electron chi connectivity index (χ0n) is 40.8. The highest BCUT2D eigenvalue weighted by Crippen LogP contribution is 2.48. The van der Waals surface area contributed by atoms with Crippen molar-refractivity contribution < 1.29 is 47.4 Å². The van der Waals surface area contributed by atoms with E-state index in [1.54, 1.807) is 0 Å². The molecule has 3 aliphatic rings. The molecule has 0 spiro atoms. The maximum atomic E-state index is 10.5. The van der Waals surface area contributed by atoms with E-state index in [0.717, 1.165) is 22.3 Å². The Hall–Kier alpha value is -3.56. The summed E-state index contributed by atoms with van der Waals surface area (Å²) in [6.07, 6.45) is 1.52. The summed E-state index contributed by atoms with van der Waals surface area (Å²) < 4.78 is 62.3. The Morgan fingerprint density at radius 3 is 1.72 bits per heavy atom. The molecule has 0 saturated carbocycles. The average Bonchev–Trinajstić information content (AvgIpc) is 3.33. The van der Waals surface area contributed by atoms with E-state index in [0.29, 0.717) is 68.9 Å². The number of aliphatic hydroxyl groups excluding tert-OH is 1. The van der Waals surface area contributed by atoms with Gasteiger partial charge < -0.3 is 47.4 Å². The van der Waals surface area contributed by atoms with Crippen LogP contribution in [-0.2, 0) is 68.7 Å². The number of hydrogen-bond donors (Lipinski definition) is 1. The van der Waals surface area contributed by atoms with Gasteiger partial charge in [0.15, 0.2) is 6.29 Å². The average molecular weight is 937 g/mol. The van der Waals surface area contributed by atoms with E-state index in [1.165, 1.54) is 0 Å². The summed E-state index contributed by atoms with van der Waals surface area (Å²) in [4.78, 5) is 0. The van der Waals surface area contributed by atoms with E-state index in [2.05, 4.69) is 97.0 Å². The van der Waals surface area contributed by atoms with Crippen molar-refractivity contribution in [2.24, 2.45) is 0 Å². The van der Waals surface area contributed by atoms with Crippen molar-refractivity contribution in [1.29, 1.82) is 0 Å². The van der Waals surface area contributed by atoms with E-state index in [4.69, 9.17) is 42.3 Å². The SMILES string of the molecule is CC(C)[Si](O[C@@H]1C[C@H](OCc2ccccc2)[C@@H](COCc2ccccc2)O[C@@]1(C)[C@@H](C[C@@H]1OC[C@H]2O[C@@H](CO)[C@H](OCc3ccccc3)C/C=C\[C@@H]2O1)OCc1ccccc1)(C(C)C)C(C)C. The quantitative estimate of drug-likeness (QED) is 0.0605. The lowest BCUT2D eigenvalue weighted by molar-refractivity contribution is -0.302. The van der Waals surface area contributed by atoms with Crippen LogP contribution in [0.3, 0.4) is 0 Å². The summed E-state index contributed by atoms with van der Waals surface area (Å²) in [6.45, 7) is 18.1. The summed E-state index contributed by atoms with van der Waals surface area (Å²) in [5, 5.41) is 10.5. The van der Waals surface area contributed by atoms with Crippen molar-refractivity contribution in [3.05, 3.63) is 156 Å². The van der Waals surface area contributed by atoms with Gasteiger partial charge in [0.25, 0.3) is 0 Å². The Kier molecular flexibility index (Phi) is 19.0. The lowest BCUT2D eigenvalue weighted by atomic mass is 9.82. The summed E-state index contributed by atoms with van der Waals surface area (Å²) >= 11 is 0. The fourth-order valence-electron chi connectivity index (χ4n) is 10.5. The predicted octanol–water partition coefficient (Wildman–Crippen LogP) is 10.9. The molecular weight excluding hydrogens is 861 g/mol. The minimum Gasteiger partial charge on any atom is -0.410 e. The normalized spacial score (nSPS) is 27.9. The third-order valence-corrected chi connectivity index (χ3v) is 20.2. The number of aliphatic hydroxyl groups is 1. The summed E-state index contributed by atoms with van der Waals surface area (Å²) in [5.41, 5.74) is 4.28. The van der Waals surface area contributed by atoms with Gasteiger partial charge in [-0.15, -0.1) is 0 Å². The van der Waals surface area contributed by atoms with Crippen molar-refractivity contribution in [1.82, 2.24) is 0 Å².